The third-order valence-corrected chi connectivity index (χ3v) is 5.84. The van der Waals surface area contributed by atoms with Gasteiger partial charge in [-0.2, -0.15) is 0 Å². The number of benzene rings is 1. The maximum absolute atomic E-state index is 12.4. The maximum Gasteiger partial charge on any atom is 0.272 e. The normalized spacial score (nSPS) is 17.5. The minimum Gasteiger partial charge on any atom is -0.488 e. The van der Waals surface area contributed by atoms with Gasteiger partial charge in [-0.3, -0.25) is 4.79 Å². The van der Waals surface area contributed by atoms with Crippen LogP contribution in [0, 0.1) is 0 Å². The number of pyridine rings is 1. The Morgan fingerprint density at radius 3 is 2.74 bits per heavy atom. The van der Waals surface area contributed by atoms with Gasteiger partial charge >= 0.3 is 0 Å². The number of likely N-dealkylation sites (tertiary alicyclic amines) is 1. The van der Waals surface area contributed by atoms with Crippen molar-refractivity contribution in [1.29, 1.82) is 0 Å². The van der Waals surface area contributed by atoms with Crippen LogP contribution in [0.25, 0.3) is 22.6 Å². The molecule has 172 valence electrons. The summed E-state index contributed by atoms with van der Waals surface area (Å²) >= 11 is 0. The van der Waals surface area contributed by atoms with Gasteiger partial charge in [0.1, 0.15) is 46.7 Å². The van der Waals surface area contributed by atoms with Gasteiger partial charge in [0, 0.05) is 31.1 Å². The van der Waals surface area contributed by atoms with E-state index >= 15 is 0 Å². The van der Waals surface area contributed by atoms with Crippen molar-refractivity contribution in [2.45, 2.75) is 18.9 Å². The summed E-state index contributed by atoms with van der Waals surface area (Å²) in [7, 11) is 0. The highest BCUT2D eigenvalue weighted by Crippen LogP contribution is 2.33. The molecule has 0 spiro atoms. The average molecular weight is 458 g/mol. The van der Waals surface area contributed by atoms with E-state index in [2.05, 4.69) is 24.9 Å². The van der Waals surface area contributed by atoms with E-state index in [4.69, 9.17) is 14.2 Å². The molecule has 3 aromatic heterocycles. The number of rotatable bonds is 6. The molecule has 34 heavy (non-hydrogen) atoms. The zero-order valence-corrected chi connectivity index (χ0v) is 18.3. The molecule has 10 nitrogen and oxygen atoms in total. The molecule has 0 aliphatic carbocycles. The third-order valence-electron chi connectivity index (χ3n) is 5.84. The lowest BCUT2D eigenvalue weighted by atomic mass is 10.2. The van der Waals surface area contributed by atoms with Gasteiger partial charge in [-0.15, -0.1) is 0 Å². The third kappa shape index (κ3) is 4.15. The van der Waals surface area contributed by atoms with E-state index in [0.29, 0.717) is 47.6 Å². The fraction of sp³-hybridized carbons (Fsp3) is 0.292. The number of imidazole rings is 1. The van der Waals surface area contributed by atoms with Gasteiger partial charge in [0.05, 0.1) is 25.6 Å². The first-order valence-corrected chi connectivity index (χ1v) is 11.2. The number of hydrogen-bond acceptors (Lipinski definition) is 8. The molecule has 0 bridgehead atoms. The number of aromatic nitrogens is 5. The first-order chi connectivity index (χ1) is 16.7. The zero-order chi connectivity index (χ0) is 22.9. The van der Waals surface area contributed by atoms with Crippen molar-refractivity contribution >= 4 is 17.1 Å². The highest BCUT2D eigenvalue weighted by atomic mass is 16.5. The summed E-state index contributed by atoms with van der Waals surface area (Å²) in [5, 5.41) is 0. The molecule has 2 saturated heterocycles. The number of nitrogens with one attached hydrogen (secondary N) is 1. The second kappa shape index (κ2) is 8.71. The number of carbonyl (C=O) groups excluding carboxylic acids is 1. The number of hydrogen-bond donors (Lipinski definition) is 1. The quantitative estimate of drug-likeness (QED) is 0.468. The summed E-state index contributed by atoms with van der Waals surface area (Å²) in [4.78, 5) is 34.5. The van der Waals surface area contributed by atoms with Crippen LogP contribution in [0.5, 0.6) is 17.2 Å². The fourth-order valence-electron chi connectivity index (χ4n) is 3.92. The van der Waals surface area contributed by atoms with Crippen LogP contribution in [0.1, 0.15) is 23.3 Å². The maximum atomic E-state index is 12.4. The number of amides is 1. The lowest BCUT2D eigenvalue weighted by molar-refractivity contribution is 0.0645. The smallest absolute Gasteiger partial charge is 0.272 e. The average Bonchev–Trinajstić information content (AvgIpc) is 3.48. The molecule has 0 unspecified atom stereocenters. The fourth-order valence-corrected chi connectivity index (χ4v) is 3.92. The van der Waals surface area contributed by atoms with Crippen molar-refractivity contribution in [2.24, 2.45) is 0 Å². The van der Waals surface area contributed by atoms with Gasteiger partial charge in [0.25, 0.3) is 5.91 Å². The molecular weight excluding hydrogens is 436 g/mol. The van der Waals surface area contributed by atoms with Gasteiger partial charge in [-0.1, -0.05) is 0 Å². The number of carbonyl (C=O) groups is 1. The van der Waals surface area contributed by atoms with Crippen LogP contribution in [0.2, 0.25) is 0 Å². The first-order valence-electron chi connectivity index (χ1n) is 11.2. The Morgan fingerprint density at radius 2 is 2.00 bits per heavy atom. The molecule has 1 N–H and O–H groups in total. The number of nitrogens with zero attached hydrogens (tertiary/aromatic N) is 5. The lowest BCUT2D eigenvalue weighted by Crippen LogP contribution is -2.42. The van der Waals surface area contributed by atoms with Crippen molar-refractivity contribution in [3.05, 3.63) is 54.7 Å². The summed E-state index contributed by atoms with van der Waals surface area (Å²) in [6, 6.07) is 9.02. The Bertz CT molecular complexity index is 1300. The van der Waals surface area contributed by atoms with Crippen LogP contribution in [-0.4, -0.2) is 68.1 Å². The topological polar surface area (TPSA) is 115 Å². The minimum absolute atomic E-state index is 0.0156. The molecule has 1 aromatic carbocycles. The molecule has 1 amide bonds. The first kappa shape index (κ1) is 20.5. The van der Waals surface area contributed by atoms with Crippen molar-refractivity contribution in [2.75, 3.05) is 26.3 Å². The Balaban J connectivity index is 1.29. The van der Waals surface area contributed by atoms with Gasteiger partial charge in [-0.25, -0.2) is 19.9 Å². The molecule has 0 radical (unpaired) electrons. The molecule has 10 heteroatoms. The SMILES string of the molecule is O=C(c1ccc(Oc2cc(O[C@H]3CCOC3)cc(-c3nc4ncncc4[nH]3)c2)cn1)N1CCC1. The van der Waals surface area contributed by atoms with Crippen molar-refractivity contribution in [1.82, 2.24) is 29.8 Å². The van der Waals surface area contributed by atoms with E-state index in [0.717, 1.165) is 37.0 Å². The Hall–Kier alpha value is -4.05. The van der Waals surface area contributed by atoms with E-state index in [1.54, 1.807) is 29.4 Å². The molecule has 2 aliphatic rings. The summed E-state index contributed by atoms with van der Waals surface area (Å²) in [6.07, 6.45) is 6.56. The Labute approximate surface area is 194 Å². The van der Waals surface area contributed by atoms with Crippen LogP contribution in [0.15, 0.2) is 49.1 Å². The molecule has 6 rings (SSSR count). The number of H-pyrrole nitrogens is 1. The second-order valence-corrected chi connectivity index (χ2v) is 8.27. The number of aromatic amines is 1. The van der Waals surface area contributed by atoms with E-state index in [1.807, 2.05) is 18.2 Å². The van der Waals surface area contributed by atoms with Gasteiger partial charge in [0.15, 0.2) is 5.65 Å². The van der Waals surface area contributed by atoms with Crippen LogP contribution < -0.4 is 9.47 Å². The summed E-state index contributed by atoms with van der Waals surface area (Å²) in [5.74, 6) is 2.29. The van der Waals surface area contributed by atoms with Crippen LogP contribution in [0.3, 0.4) is 0 Å². The zero-order valence-electron chi connectivity index (χ0n) is 18.3. The summed E-state index contributed by atoms with van der Waals surface area (Å²) in [6.45, 7) is 2.81. The molecule has 0 saturated carbocycles. The van der Waals surface area contributed by atoms with Gasteiger partial charge in [0.2, 0.25) is 0 Å². The lowest BCUT2D eigenvalue weighted by Gasteiger charge is -2.30. The Kier molecular flexibility index (Phi) is 5.27. The Morgan fingerprint density at radius 1 is 1.09 bits per heavy atom. The van der Waals surface area contributed by atoms with E-state index in [-0.39, 0.29) is 12.0 Å². The van der Waals surface area contributed by atoms with Gasteiger partial charge in [-0.05, 0) is 30.7 Å². The van der Waals surface area contributed by atoms with Crippen LogP contribution in [0.4, 0.5) is 0 Å². The highest BCUT2D eigenvalue weighted by molar-refractivity contribution is 5.92. The molecule has 1 atom stereocenters. The number of ether oxygens (including phenoxy) is 3. The predicted molar refractivity (Wildman–Crippen MR) is 122 cm³/mol. The monoisotopic (exact) mass is 458 g/mol. The molecule has 5 heterocycles. The van der Waals surface area contributed by atoms with E-state index in [9.17, 15) is 4.79 Å². The molecule has 2 aliphatic heterocycles. The van der Waals surface area contributed by atoms with Crippen LogP contribution in [-0.2, 0) is 4.74 Å². The van der Waals surface area contributed by atoms with Crippen LogP contribution >= 0.6 is 0 Å². The van der Waals surface area contributed by atoms with Gasteiger partial charge < -0.3 is 24.1 Å². The minimum atomic E-state index is -0.0535. The summed E-state index contributed by atoms with van der Waals surface area (Å²) < 4.78 is 17.7. The number of fused-ring (bicyclic) bond motifs is 1. The van der Waals surface area contributed by atoms with E-state index in [1.165, 1.54) is 6.33 Å². The molecular formula is C24H22N6O4. The second-order valence-electron chi connectivity index (χ2n) is 8.27. The molecule has 2 fully saturated rings. The largest absolute Gasteiger partial charge is 0.488 e. The summed E-state index contributed by atoms with van der Waals surface area (Å²) in [5.41, 5.74) is 2.51. The van der Waals surface area contributed by atoms with E-state index < -0.39 is 0 Å². The standard InChI is InChI=1S/C24H22N6O4/c31-24(30-5-1-6-30)20-3-2-16(11-26-20)33-18-8-15(9-19(10-18)34-17-4-7-32-13-17)22-28-21-12-25-14-27-23(21)29-22/h2-3,8-12,14,17H,1,4-7,13H2,(H,25,27,28,29)/t17-/m0/s1. The highest BCUT2D eigenvalue weighted by Gasteiger charge is 2.23. The van der Waals surface area contributed by atoms with Crippen molar-refractivity contribution in [3.8, 4) is 28.6 Å². The molecule has 4 aromatic rings. The predicted octanol–water partition coefficient (Wildman–Crippen LogP) is 3.22. The van der Waals surface area contributed by atoms with Crippen molar-refractivity contribution < 1.29 is 19.0 Å². The van der Waals surface area contributed by atoms with Crippen molar-refractivity contribution in [3.63, 3.8) is 0 Å².